The molecule has 0 aliphatic rings. The van der Waals surface area contributed by atoms with Gasteiger partial charge in [0, 0.05) is 6.42 Å². The van der Waals surface area contributed by atoms with Crippen molar-refractivity contribution in [2.75, 3.05) is 6.54 Å². The molecule has 2 aromatic heterocycles. The number of nitrogens with two attached hydrogens (primary N) is 1. The summed E-state index contributed by atoms with van der Waals surface area (Å²) >= 11 is 1.71. The molecule has 0 unspecified atom stereocenters. The lowest BCUT2D eigenvalue weighted by Gasteiger charge is -1.96. The Labute approximate surface area is 99.3 Å². The predicted octanol–water partition coefficient (Wildman–Crippen LogP) is 2.86. The number of rotatable bonds is 5. The van der Waals surface area contributed by atoms with Gasteiger partial charge >= 0.3 is 0 Å². The fourth-order valence-corrected chi connectivity index (χ4v) is 2.56. The second-order valence-corrected chi connectivity index (χ2v) is 4.56. The summed E-state index contributed by atoms with van der Waals surface area (Å²) in [6, 6.07) is 2.14. The number of oxazole rings is 1. The van der Waals surface area contributed by atoms with Gasteiger partial charge in [0.25, 0.3) is 0 Å². The normalized spacial score (nSPS) is 10.9. The van der Waals surface area contributed by atoms with Gasteiger partial charge in [-0.1, -0.05) is 6.92 Å². The van der Waals surface area contributed by atoms with Crippen LogP contribution in [-0.4, -0.2) is 11.5 Å². The molecule has 0 aromatic carbocycles. The van der Waals surface area contributed by atoms with E-state index < -0.39 is 0 Å². The summed E-state index contributed by atoms with van der Waals surface area (Å²) in [6.07, 6.45) is 4.59. The number of hydrogen-bond donors (Lipinski definition) is 1. The molecular formula is C12H16N2OS. The fourth-order valence-electron chi connectivity index (χ4n) is 1.61. The molecule has 0 amide bonds. The standard InChI is InChI=1S/C12H16N2OS/c1-2-9-5-7-16-12(9)10-8-14-11(15-10)4-3-6-13/h5,7-8H,2-4,6,13H2,1H3. The van der Waals surface area contributed by atoms with Crippen LogP contribution in [0.15, 0.2) is 22.1 Å². The minimum atomic E-state index is 0.678. The smallest absolute Gasteiger partial charge is 0.194 e. The molecule has 0 saturated heterocycles. The molecule has 2 rings (SSSR count). The van der Waals surface area contributed by atoms with E-state index in [1.807, 2.05) is 6.20 Å². The molecule has 0 bridgehead atoms. The molecule has 3 nitrogen and oxygen atoms in total. The summed E-state index contributed by atoms with van der Waals surface area (Å²) in [4.78, 5) is 5.47. The highest BCUT2D eigenvalue weighted by molar-refractivity contribution is 7.13. The Hall–Kier alpha value is -1.13. The number of aromatic nitrogens is 1. The van der Waals surface area contributed by atoms with Crippen molar-refractivity contribution in [3.63, 3.8) is 0 Å². The highest BCUT2D eigenvalue weighted by Crippen LogP contribution is 2.30. The Bertz CT molecular complexity index is 447. The Morgan fingerprint density at radius 2 is 2.38 bits per heavy atom. The molecule has 2 heterocycles. The highest BCUT2D eigenvalue weighted by Gasteiger charge is 2.10. The van der Waals surface area contributed by atoms with Crippen molar-refractivity contribution < 1.29 is 4.42 Å². The Morgan fingerprint density at radius 1 is 1.50 bits per heavy atom. The lowest BCUT2D eigenvalue weighted by molar-refractivity contribution is 0.500. The first-order valence-corrected chi connectivity index (χ1v) is 6.44. The van der Waals surface area contributed by atoms with Gasteiger partial charge in [0.05, 0.1) is 11.1 Å². The lowest BCUT2D eigenvalue weighted by Crippen LogP contribution is -2.00. The molecule has 0 radical (unpaired) electrons. The van der Waals surface area contributed by atoms with Crippen LogP contribution in [0.2, 0.25) is 0 Å². The largest absolute Gasteiger partial charge is 0.440 e. The molecule has 0 aliphatic heterocycles. The average molecular weight is 236 g/mol. The summed E-state index contributed by atoms with van der Waals surface area (Å²) in [5, 5.41) is 2.09. The number of nitrogens with zero attached hydrogens (tertiary/aromatic N) is 1. The first-order chi connectivity index (χ1) is 7.85. The van der Waals surface area contributed by atoms with Crippen molar-refractivity contribution in [3.8, 4) is 10.6 Å². The first-order valence-electron chi connectivity index (χ1n) is 5.56. The van der Waals surface area contributed by atoms with Gasteiger partial charge in [-0.3, -0.25) is 0 Å². The molecule has 0 saturated carbocycles. The Kier molecular flexibility index (Phi) is 3.74. The van der Waals surface area contributed by atoms with Gasteiger partial charge in [0.1, 0.15) is 0 Å². The molecule has 0 atom stereocenters. The van der Waals surface area contributed by atoms with Crippen molar-refractivity contribution in [2.45, 2.75) is 26.2 Å². The SMILES string of the molecule is CCc1ccsc1-c1cnc(CCCN)o1. The predicted molar refractivity (Wildman–Crippen MR) is 66.6 cm³/mol. The second-order valence-electron chi connectivity index (χ2n) is 3.64. The Morgan fingerprint density at radius 3 is 3.12 bits per heavy atom. The summed E-state index contributed by atoms with van der Waals surface area (Å²) in [5.74, 6) is 1.68. The summed E-state index contributed by atoms with van der Waals surface area (Å²) in [6.45, 7) is 2.83. The summed E-state index contributed by atoms with van der Waals surface area (Å²) in [7, 11) is 0. The molecule has 0 aliphatic carbocycles. The van der Waals surface area contributed by atoms with E-state index in [4.69, 9.17) is 10.2 Å². The van der Waals surface area contributed by atoms with Crippen LogP contribution in [0.4, 0.5) is 0 Å². The second kappa shape index (κ2) is 5.27. The van der Waals surface area contributed by atoms with Crippen LogP contribution in [0.1, 0.15) is 24.8 Å². The molecule has 0 spiro atoms. The van der Waals surface area contributed by atoms with Crippen LogP contribution in [0.3, 0.4) is 0 Å². The van der Waals surface area contributed by atoms with Gasteiger partial charge in [-0.15, -0.1) is 11.3 Å². The zero-order valence-electron chi connectivity index (χ0n) is 9.40. The van der Waals surface area contributed by atoms with Gasteiger partial charge in [-0.05, 0) is 36.4 Å². The van der Waals surface area contributed by atoms with E-state index in [1.54, 1.807) is 11.3 Å². The monoisotopic (exact) mass is 236 g/mol. The fraction of sp³-hybridized carbons (Fsp3) is 0.417. The van der Waals surface area contributed by atoms with E-state index in [2.05, 4.69) is 23.4 Å². The van der Waals surface area contributed by atoms with Gasteiger partial charge < -0.3 is 10.2 Å². The number of aryl methyl sites for hydroxylation is 2. The molecule has 86 valence electrons. The van der Waals surface area contributed by atoms with Gasteiger partial charge in [-0.25, -0.2) is 4.98 Å². The average Bonchev–Trinajstić information content (AvgIpc) is 2.94. The third-order valence-electron chi connectivity index (χ3n) is 2.50. The summed E-state index contributed by atoms with van der Waals surface area (Å²) < 4.78 is 5.72. The lowest BCUT2D eigenvalue weighted by atomic mass is 10.2. The van der Waals surface area contributed by atoms with Crippen molar-refractivity contribution in [2.24, 2.45) is 5.73 Å². The van der Waals surface area contributed by atoms with Crippen molar-refractivity contribution in [1.29, 1.82) is 0 Å². The number of thiophene rings is 1. The maximum absolute atomic E-state index is 5.72. The third-order valence-corrected chi connectivity index (χ3v) is 3.47. The zero-order chi connectivity index (χ0) is 11.4. The van der Waals surface area contributed by atoms with Gasteiger partial charge in [0.2, 0.25) is 0 Å². The van der Waals surface area contributed by atoms with E-state index in [1.165, 1.54) is 10.4 Å². The van der Waals surface area contributed by atoms with Crippen molar-refractivity contribution >= 4 is 11.3 Å². The van der Waals surface area contributed by atoms with E-state index in [0.717, 1.165) is 30.9 Å². The van der Waals surface area contributed by atoms with Crippen LogP contribution in [0.5, 0.6) is 0 Å². The highest BCUT2D eigenvalue weighted by atomic mass is 32.1. The third kappa shape index (κ3) is 2.33. The van der Waals surface area contributed by atoms with Gasteiger partial charge in [0.15, 0.2) is 11.7 Å². The van der Waals surface area contributed by atoms with Crippen LogP contribution in [-0.2, 0) is 12.8 Å². The van der Waals surface area contributed by atoms with Crippen LogP contribution >= 0.6 is 11.3 Å². The van der Waals surface area contributed by atoms with E-state index in [9.17, 15) is 0 Å². The Balaban J connectivity index is 2.18. The van der Waals surface area contributed by atoms with Crippen LogP contribution < -0.4 is 5.73 Å². The van der Waals surface area contributed by atoms with Crippen molar-refractivity contribution in [1.82, 2.24) is 4.98 Å². The minimum absolute atomic E-state index is 0.678. The quantitative estimate of drug-likeness (QED) is 0.868. The molecule has 4 heteroatoms. The molecule has 2 aromatic rings. The first kappa shape index (κ1) is 11.4. The van der Waals surface area contributed by atoms with Crippen LogP contribution in [0.25, 0.3) is 10.6 Å². The molecular weight excluding hydrogens is 220 g/mol. The molecule has 0 fully saturated rings. The minimum Gasteiger partial charge on any atom is -0.440 e. The topological polar surface area (TPSA) is 52.0 Å². The van der Waals surface area contributed by atoms with E-state index >= 15 is 0 Å². The van der Waals surface area contributed by atoms with Crippen LogP contribution in [0, 0.1) is 0 Å². The van der Waals surface area contributed by atoms with Gasteiger partial charge in [-0.2, -0.15) is 0 Å². The van der Waals surface area contributed by atoms with Crippen molar-refractivity contribution in [3.05, 3.63) is 29.1 Å². The van der Waals surface area contributed by atoms with E-state index in [-0.39, 0.29) is 0 Å². The molecule has 2 N–H and O–H groups in total. The van der Waals surface area contributed by atoms with E-state index in [0.29, 0.717) is 6.54 Å². The number of hydrogen-bond acceptors (Lipinski definition) is 4. The summed E-state index contributed by atoms with van der Waals surface area (Å²) in [5.41, 5.74) is 6.78. The maximum Gasteiger partial charge on any atom is 0.194 e. The zero-order valence-corrected chi connectivity index (χ0v) is 10.2. The maximum atomic E-state index is 5.72. The molecule has 16 heavy (non-hydrogen) atoms.